The van der Waals surface area contributed by atoms with Crippen LogP contribution in [0.2, 0.25) is 0 Å². The van der Waals surface area contributed by atoms with Crippen molar-refractivity contribution in [2.45, 2.75) is 45.1 Å². The lowest BCUT2D eigenvalue weighted by molar-refractivity contribution is 0.0909. The molecule has 1 aromatic heterocycles. The molecule has 4 nitrogen and oxygen atoms in total. The summed E-state index contributed by atoms with van der Waals surface area (Å²) >= 11 is 0. The molecular formula is C12H16F2N2O2. The van der Waals surface area contributed by atoms with Gasteiger partial charge in [0.05, 0.1) is 0 Å². The third-order valence-corrected chi connectivity index (χ3v) is 3.33. The second-order valence-electron chi connectivity index (χ2n) is 4.85. The van der Waals surface area contributed by atoms with Gasteiger partial charge in [-0.15, -0.1) is 0 Å². The molecule has 18 heavy (non-hydrogen) atoms. The molecule has 0 atom stereocenters. The molecule has 2 rings (SSSR count). The minimum absolute atomic E-state index is 0.0797. The summed E-state index contributed by atoms with van der Waals surface area (Å²) in [5.74, 6) is -0.321. The van der Waals surface area contributed by atoms with Crippen molar-refractivity contribution in [3.8, 4) is 0 Å². The summed E-state index contributed by atoms with van der Waals surface area (Å²) in [5, 5.41) is 6.15. The van der Waals surface area contributed by atoms with Gasteiger partial charge in [0.15, 0.2) is 5.69 Å². The van der Waals surface area contributed by atoms with Crippen LogP contribution in [-0.4, -0.2) is 17.1 Å². The predicted molar refractivity (Wildman–Crippen MR) is 60.3 cm³/mol. The van der Waals surface area contributed by atoms with Gasteiger partial charge in [-0.1, -0.05) is 12.1 Å². The lowest BCUT2D eigenvalue weighted by atomic mass is 9.87. The van der Waals surface area contributed by atoms with Crippen LogP contribution in [0, 0.1) is 5.92 Å². The molecule has 1 amide bonds. The maximum atomic E-state index is 12.3. The average Bonchev–Trinajstić information content (AvgIpc) is 2.81. The largest absolute Gasteiger partial charge is 0.354 e. The smallest absolute Gasteiger partial charge is 0.298 e. The molecule has 0 radical (unpaired) electrons. The number of carbonyl (C=O) groups is 1. The van der Waals surface area contributed by atoms with Gasteiger partial charge in [-0.25, -0.2) is 8.78 Å². The van der Waals surface area contributed by atoms with Crippen molar-refractivity contribution < 1.29 is 18.1 Å². The summed E-state index contributed by atoms with van der Waals surface area (Å²) < 4.78 is 29.0. The van der Waals surface area contributed by atoms with Crippen LogP contribution >= 0.6 is 0 Å². The van der Waals surface area contributed by atoms with Crippen LogP contribution in [0.25, 0.3) is 0 Å². The van der Waals surface area contributed by atoms with E-state index in [0.29, 0.717) is 5.92 Å². The highest BCUT2D eigenvalue weighted by atomic mass is 19.3. The first-order valence-corrected chi connectivity index (χ1v) is 6.12. The Morgan fingerprint density at radius 1 is 1.44 bits per heavy atom. The van der Waals surface area contributed by atoms with Gasteiger partial charge >= 0.3 is 0 Å². The van der Waals surface area contributed by atoms with Crippen LogP contribution in [0.1, 0.15) is 55.3 Å². The molecule has 1 saturated carbocycles. The number of hydrogen-bond acceptors (Lipinski definition) is 3. The highest BCUT2D eigenvalue weighted by molar-refractivity contribution is 5.92. The number of rotatable bonds is 3. The van der Waals surface area contributed by atoms with Crippen molar-refractivity contribution in [2.75, 3.05) is 0 Å². The second-order valence-corrected chi connectivity index (χ2v) is 4.85. The average molecular weight is 258 g/mol. The van der Waals surface area contributed by atoms with Gasteiger partial charge in [-0.2, -0.15) is 0 Å². The molecule has 1 aromatic rings. The van der Waals surface area contributed by atoms with Gasteiger partial charge in [0.25, 0.3) is 12.3 Å². The molecule has 0 saturated heterocycles. The van der Waals surface area contributed by atoms with Gasteiger partial charge in [0.2, 0.25) is 5.76 Å². The molecule has 0 aromatic carbocycles. The lowest BCUT2D eigenvalue weighted by Gasteiger charge is -2.26. The van der Waals surface area contributed by atoms with Gasteiger partial charge < -0.3 is 9.84 Å². The Hall–Kier alpha value is -1.46. The monoisotopic (exact) mass is 258 g/mol. The third kappa shape index (κ3) is 3.05. The minimum atomic E-state index is -2.74. The number of hydrogen-bond donors (Lipinski definition) is 1. The van der Waals surface area contributed by atoms with Gasteiger partial charge in [-0.05, 0) is 31.6 Å². The second kappa shape index (κ2) is 5.46. The van der Waals surface area contributed by atoms with Crippen LogP contribution in [0.15, 0.2) is 10.6 Å². The molecule has 0 aliphatic heterocycles. The molecule has 1 fully saturated rings. The van der Waals surface area contributed by atoms with Crippen molar-refractivity contribution in [3.63, 3.8) is 0 Å². The Morgan fingerprint density at radius 2 is 2.11 bits per heavy atom. The third-order valence-electron chi connectivity index (χ3n) is 3.33. The van der Waals surface area contributed by atoms with E-state index in [1.807, 2.05) is 0 Å². The maximum absolute atomic E-state index is 12.3. The summed E-state index contributed by atoms with van der Waals surface area (Å²) in [6.07, 6.45) is 1.26. The topological polar surface area (TPSA) is 55.1 Å². The zero-order valence-electron chi connectivity index (χ0n) is 10.2. The zero-order valence-corrected chi connectivity index (χ0v) is 10.2. The number of aromatic nitrogens is 1. The highest BCUT2D eigenvalue weighted by Gasteiger charge is 2.23. The fraction of sp³-hybridized carbons (Fsp3) is 0.667. The SMILES string of the molecule is CC1CCC(NC(=O)c2cc(C(F)F)on2)CC1. The predicted octanol–water partition coefficient (Wildman–Crippen LogP) is 2.92. The van der Waals surface area contributed by atoms with E-state index in [2.05, 4.69) is 21.9 Å². The number of halogens is 2. The summed E-state index contributed by atoms with van der Waals surface area (Å²) in [5.41, 5.74) is -0.0797. The molecule has 1 aliphatic carbocycles. The van der Waals surface area contributed by atoms with Crippen LogP contribution < -0.4 is 5.32 Å². The first-order chi connectivity index (χ1) is 8.56. The van der Waals surface area contributed by atoms with Crippen molar-refractivity contribution in [3.05, 3.63) is 17.5 Å². The van der Waals surface area contributed by atoms with E-state index in [1.165, 1.54) is 0 Å². The summed E-state index contributed by atoms with van der Waals surface area (Å²) in [4.78, 5) is 11.8. The van der Waals surface area contributed by atoms with E-state index in [4.69, 9.17) is 0 Å². The molecular weight excluding hydrogens is 242 g/mol. The van der Waals surface area contributed by atoms with E-state index in [-0.39, 0.29) is 11.7 Å². The quantitative estimate of drug-likeness (QED) is 0.906. The number of alkyl halides is 2. The fourth-order valence-corrected chi connectivity index (χ4v) is 2.16. The Morgan fingerprint density at radius 3 is 2.67 bits per heavy atom. The van der Waals surface area contributed by atoms with Gasteiger partial charge in [0, 0.05) is 12.1 Å². The molecule has 6 heteroatoms. The van der Waals surface area contributed by atoms with E-state index >= 15 is 0 Å². The van der Waals surface area contributed by atoms with Crippen LogP contribution in [0.4, 0.5) is 8.78 Å². The van der Waals surface area contributed by atoms with Crippen molar-refractivity contribution in [1.82, 2.24) is 10.5 Å². The Balaban J connectivity index is 1.91. The van der Waals surface area contributed by atoms with E-state index in [9.17, 15) is 13.6 Å². The van der Waals surface area contributed by atoms with Crippen molar-refractivity contribution in [1.29, 1.82) is 0 Å². The molecule has 1 aliphatic rings. The van der Waals surface area contributed by atoms with Crippen LogP contribution in [-0.2, 0) is 0 Å². The lowest BCUT2D eigenvalue weighted by Crippen LogP contribution is -2.37. The van der Waals surface area contributed by atoms with Gasteiger partial charge in [-0.3, -0.25) is 4.79 Å². The minimum Gasteiger partial charge on any atom is -0.354 e. The number of nitrogens with one attached hydrogen (secondary N) is 1. The Kier molecular flexibility index (Phi) is 3.93. The molecule has 0 spiro atoms. The van der Waals surface area contributed by atoms with Gasteiger partial charge in [0.1, 0.15) is 0 Å². The number of nitrogens with zero attached hydrogens (tertiary/aromatic N) is 1. The standard InChI is InChI=1S/C12H16F2N2O2/c1-7-2-4-8(5-3-7)15-12(17)9-6-10(11(13)14)18-16-9/h6-8,11H,2-5H2,1H3,(H,15,17). The summed E-state index contributed by atoms with van der Waals surface area (Å²) in [7, 11) is 0. The van der Waals surface area contributed by atoms with E-state index in [1.54, 1.807) is 0 Å². The first kappa shape index (κ1) is 13.0. The van der Waals surface area contributed by atoms with Crippen LogP contribution in [0.3, 0.4) is 0 Å². The number of carbonyl (C=O) groups excluding carboxylic acids is 1. The zero-order chi connectivity index (χ0) is 13.1. The maximum Gasteiger partial charge on any atom is 0.298 e. The van der Waals surface area contributed by atoms with Crippen LogP contribution in [0.5, 0.6) is 0 Å². The van der Waals surface area contributed by atoms with E-state index in [0.717, 1.165) is 31.7 Å². The molecule has 0 unspecified atom stereocenters. The molecule has 0 bridgehead atoms. The van der Waals surface area contributed by atoms with Crippen molar-refractivity contribution >= 4 is 5.91 Å². The Bertz CT molecular complexity index is 412. The first-order valence-electron chi connectivity index (χ1n) is 6.12. The summed E-state index contributed by atoms with van der Waals surface area (Å²) in [6, 6.07) is 1.10. The Labute approximate surface area is 104 Å². The number of amides is 1. The normalized spacial score (nSPS) is 24.2. The highest BCUT2D eigenvalue weighted by Crippen LogP contribution is 2.24. The summed E-state index contributed by atoms with van der Waals surface area (Å²) in [6.45, 7) is 2.19. The molecule has 1 N–H and O–H groups in total. The van der Waals surface area contributed by atoms with E-state index < -0.39 is 18.1 Å². The fourth-order valence-electron chi connectivity index (χ4n) is 2.16. The molecule has 100 valence electrons. The molecule has 1 heterocycles. The van der Waals surface area contributed by atoms with Crippen molar-refractivity contribution in [2.24, 2.45) is 5.92 Å².